The highest BCUT2D eigenvalue weighted by Crippen LogP contribution is 2.39. The van der Waals surface area contributed by atoms with Crippen LogP contribution in [0.3, 0.4) is 0 Å². The molecule has 1 atom stereocenters. The first kappa shape index (κ1) is 25.7. The molecular formula is C26H23Cl2FN4O3. The zero-order valence-electron chi connectivity index (χ0n) is 19.5. The molecule has 0 saturated heterocycles. The number of carbonyl (C=O) groups excluding carboxylic acids is 2. The Morgan fingerprint density at radius 3 is 2.83 bits per heavy atom. The molecule has 1 aromatic heterocycles. The van der Waals surface area contributed by atoms with Gasteiger partial charge < -0.3 is 15.0 Å². The van der Waals surface area contributed by atoms with Gasteiger partial charge in [0.05, 0.1) is 39.4 Å². The number of carbonyl (C=O) groups is 2. The molecule has 0 bridgehead atoms. The number of anilines is 3. The first-order valence-electron chi connectivity index (χ1n) is 11.5. The van der Waals surface area contributed by atoms with Crippen LogP contribution in [0.25, 0.3) is 10.9 Å². The van der Waals surface area contributed by atoms with E-state index in [9.17, 15) is 19.2 Å². The minimum Gasteiger partial charge on any atom is -0.489 e. The Kier molecular flexibility index (Phi) is 7.92. The highest BCUT2D eigenvalue weighted by Gasteiger charge is 2.26. The van der Waals surface area contributed by atoms with E-state index >= 15 is 0 Å². The average molecular weight is 529 g/mol. The van der Waals surface area contributed by atoms with Crippen LogP contribution < -0.4 is 15.0 Å². The predicted octanol–water partition coefficient (Wildman–Crippen LogP) is 6.12. The number of ether oxygens (including phenoxy) is 1. The second-order valence-corrected chi connectivity index (χ2v) is 9.27. The molecule has 0 radical (unpaired) electrons. The van der Waals surface area contributed by atoms with Gasteiger partial charge in [-0.1, -0.05) is 18.5 Å². The Balaban J connectivity index is 1.66. The molecule has 186 valence electrons. The maximum absolute atomic E-state index is 13.6. The van der Waals surface area contributed by atoms with Gasteiger partial charge in [-0.25, -0.2) is 4.39 Å². The summed E-state index contributed by atoms with van der Waals surface area (Å²) >= 11 is 11.9. The maximum atomic E-state index is 13.6. The van der Waals surface area contributed by atoms with Crippen molar-refractivity contribution in [1.82, 2.24) is 4.98 Å². The molecule has 36 heavy (non-hydrogen) atoms. The number of nitriles is 1. The second kappa shape index (κ2) is 11.1. The number of fused-ring (bicyclic) bond motifs is 2. The van der Waals surface area contributed by atoms with Crippen LogP contribution >= 0.6 is 23.2 Å². The number of ketones is 1. The number of hydrogen-bond donors (Lipinski definition) is 1. The van der Waals surface area contributed by atoms with Gasteiger partial charge in [0.25, 0.3) is 0 Å². The standard InChI is InChI=1S/C26H23Cl2FN4O3/c1-2-18(27)23(34)4-3-5-25(35)33-8-9-36-24-12-21-17(11-22(24)33)26(15(13-30)14-31-21)32-16-6-7-20(29)19(28)10-16/h6-7,10-12,14,18H,2-5,8-9H2,1H3,(H,31,32). The molecule has 3 aromatic rings. The number of benzene rings is 2. The molecule has 2 heterocycles. The third kappa shape index (κ3) is 5.38. The van der Waals surface area contributed by atoms with Crippen LogP contribution in [0.4, 0.5) is 21.5 Å². The first-order valence-corrected chi connectivity index (χ1v) is 12.3. The SMILES string of the molecule is CCC(Cl)C(=O)CCCC(=O)N1CCOc2cc3ncc(C#N)c(Nc4ccc(F)c(Cl)c4)c3cc21. The number of pyridine rings is 1. The van der Waals surface area contributed by atoms with E-state index in [-0.39, 0.29) is 35.1 Å². The van der Waals surface area contributed by atoms with Crippen molar-refractivity contribution in [2.75, 3.05) is 23.4 Å². The van der Waals surface area contributed by atoms with E-state index in [1.807, 2.05) is 6.92 Å². The zero-order chi connectivity index (χ0) is 25.8. The van der Waals surface area contributed by atoms with Gasteiger partial charge in [0, 0.05) is 36.2 Å². The van der Waals surface area contributed by atoms with Crippen molar-refractivity contribution in [1.29, 1.82) is 5.26 Å². The van der Waals surface area contributed by atoms with Gasteiger partial charge in [-0.15, -0.1) is 11.6 Å². The van der Waals surface area contributed by atoms with Gasteiger partial charge >= 0.3 is 0 Å². The molecule has 1 aliphatic heterocycles. The Morgan fingerprint density at radius 2 is 2.11 bits per heavy atom. The van der Waals surface area contributed by atoms with Gasteiger partial charge in [0.1, 0.15) is 24.2 Å². The number of Topliss-reactive ketones (excluding diaryl/α,β-unsaturated/α-hetero) is 1. The Hall–Kier alpha value is -3.41. The molecule has 0 aliphatic carbocycles. The van der Waals surface area contributed by atoms with Gasteiger partial charge in [0.2, 0.25) is 5.91 Å². The molecule has 1 N–H and O–H groups in total. The largest absolute Gasteiger partial charge is 0.489 e. The Morgan fingerprint density at radius 1 is 1.31 bits per heavy atom. The fourth-order valence-corrected chi connectivity index (χ4v) is 4.32. The number of rotatable bonds is 8. The maximum Gasteiger partial charge on any atom is 0.227 e. The Bertz CT molecular complexity index is 1380. The summed E-state index contributed by atoms with van der Waals surface area (Å²) in [6.07, 6.45) is 2.82. The number of alkyl halides is 1. The van der Waals surface area contributed by atoms with E-state index in [0.717, 1.165) is 0 Å². The number of aromatic nitrogens is 1. The summed E-state index contributed by atoms with van der Waals surface area (Å²) < 4.78 is 19.4. The monoisotopic (exact) mass is 528 g/mol. The number of hydrogen-bond acceptors (Lipinski definition) is 6. The molecule has 10 heteroatoms. The summed E-state index contributed by atoms with van der Waals surface area (Å²) in [5, 5.41) is 12.8. The van der Waals surface area contributed by atoms with Crippen LogP contribution in [0.5, 0.6) is 5.75 Å². The molecular weight excluding hydrogens is 506 g/mol. The molecule has 0 saturated carbocycles. The first-order chi connectivity index (χ1) is 17.3. The summed E-state index contributed by atoms with van der Waals surface area (Å²) in [4.78, 5) is 31.1. The highest BCUT2D eigenvalue weighted by atomic mass is 35.5. The van der Waals surface area contributed by atoms with E-state index in [2.05, 4.69) is 16.4 Å². The minimum absolute atomic E-state index is 0.0580. The van der Waals surface area contributed by atoms with Gasteiger partial charge in [0.15, 0.2) is 5.78 Å². The molecule has 0 fully saturated rings. The normalized spacial score (nSPS) is 13.5. The van der Waals surface area contributed by atoms with Crippen LogP contribution in [0.15, 0.2) is 36.5 Å². The third-order valence-electron chi connectivity index (χ3n) is 5.94. The molecule has 7 nitrogen and oxygen atoms in total. The number of amides is 1. The zero-order valence-corrected chi connectivity index (χ0v) is 21.0. The Labute approximate surface area is 217 Å². The van der Waals surface area contributed by atoms with Crippen molar-refractivity contribution in [3.8, 4) is 11.8 Å². The van der Waals surface area contributed by atoms with Gasteiger partial charge in [-0.2, -0.15) is 5.26 Å². The summed E-state index contributed by atoms with van der Waals surface area (Å²) in [6.45, 7) is 2.51. The summed E-state index contributed by atoms with van der Waals surface area (Å²) in [7, 11) is 0. The van der Waals surface area contributed by atoms with E-state index in [0.29, 0.717) is 59.7 Å². The lowest BCUT2D eigenvalue weighted by Gasteiger charge is -2.30. The van der Waals surface area contributed by atoms with Crippen molar-refractivity contribution in [3.63, 3.8) is 0 Å². The highest BCUT2D eigenvalue weighted by molar-refractivity contribution is 6.31. The second-order valence-electron chi connectivity index (χ2n) is 8.34. The summed E-state index contributed by atoms with van der Waals surface area (Å²) in [5.74, 6) is -0.260. The van der Waals surface area contributed by atoms with Gasteiger partial charge in [-0.05, 0) is 37.1 Å². The van der Waals surface area contributed by atoms with Crippen LogP contribution in [0, 0.1) is 17.1 Å². The van der Waals surface area contributed by atoms with Crippen LogP contribution in [0.1, 0.15) is 38.2 Å². The predicted molar refractivity (Wildman–Crippen MR) is 138 cm³/mol. The van der Waals surface area contributed by atoms with Crippen molar-refractivity contribution in [3.05, 3.63) is 52.9 Å². The lowest BCUT2D eigenvalue weighted by Crippen LogP contribution is -2.38. The summed E-state index contributed by atoms with van der Waals surface area (Å²) in [6, 6.07) is 9.75. The number of nitrogens with zero attached hydrogens (tertiary/aromatic N) is 3. The molecule has 0 spiro atoms. The lowest BCUT2D eigenvalue weighted by molar-refractivity contribution is -0.120. The van der Waals surface area contributed by atoms with E-state index in [4.69, 9.17) is 27.9 Å². The third-order valence-corrected chi connectivity index (χ3v) is 6.79. The van der Waals surface area contributed by atoms with Crippen molar-refractivity contribution >= 4 is 62.9 Å². The van der Waals surface area contributed by atoms with Crippen LogP contribution in [0.2, 0.25) is 5.02 Å². The average Bonchev–Trinajstić information content (AvgIpc) is 2.88. The van der Waals surface area contributed by atoms with E-state index in [1.54, 1.807) is 17.0 Å². The molecule has 1 amide bonds. The van der Waals surface area contributed by atoms with Gasteiger partial charge in [-0.3, -0.25) is 14.6 Å². The molecule has 1 unspecified atom stereocenters. The topological polar surface area (TPSA) is 95.3 Å². The van der Waals surface area contributed by atoms with Crippen molar-refractivity contribution < 1.29 is 18.7 Å². The lowest BCUT2D eigenvalue weighted by atomic mass is 10.1. The number of halogens is 3. The van der Waals surface area contributed by atoms with Crippen molar-refractivity contribution in [2.45, 2.75) is 38.0 Å². The van der Waals surface area contributed by atoms with Crippen LogP contribution in [-0.4, -0.2) is 35.2 Å². The van der Waals surface area contributed by atoms with E-state index in [1.165, 1.54) is 24.4 Å². The van der Waals surface area contributed by atoms with E-state index < -0.39 is 11.2 Å². The fourth-order valence-electron chi connectivity index (χ4n) is 4.03. The molecule has 2 aromatic carbocycles. The summed E-state index contributed by atoms with van der Waals surface area (Å²) in [5.41, 5.74) is 2.30. The fraction of sp³-hybridized carbons (Fsp3) is 0.308. The minimum atomic E-state index is -0.555. The molecule has 4 rings (SSSR count). The smallest absolute Gasteiger partial charge is 0.227 e. The van der Waals surface area contributed by atoms with Crippen molar-refractivity contribution in [2.24, 2.45) is 0 Å². The van der Waals surface area contributed by atoms with Crippen LogP contribution in [-0.2, 0) is 9.59 Å². The number of nitrogens with one attached hydrogen (secondary N) is 1. The molecule has 1 aliphatic rings. The quantitative estimate of drug-likeness (QED) is 0.353.